The maximum atomic E-state index is 12.0. The van der Waals surface area contributed by atoms with Crippen molar-refractivity contribution in [2.45, 2.75) is 45.3 Å². The maximum Gasteiger partial charge on any atom is 0.306 e. The number of rotatable bonds is 3. The topological polar surface area (TPSA) is 29.5 Å². The van der Waals surface area contributed by atoms with Crippen LogP contribution in [0.4, 0.5) is 0 Å². The highest BCUT2D eigenvalue weighted by atomic mass is 16.6. The number of hydrogen-bond acceptors (Lipinski definition) is 3. The number of likely N-dealkylation sites (tertiary alicyclic amines) is 1. The monoisotopic (exact) mass is 275 g/mol. The largest absolute Gasteiger partial charge is 0.454 e. The predicted octanol–water partition coefficient (Wildman–Crippen LogP) is 3.20. The second-order valence-electron chi connectivity index (χ2n) is 5.98. The van der Waals surface area contributed by atoms with E-state index in [1.54, 1.807) is 0 Å². The Balaban J connectivity index is 2.41. The Bertz CT molecular complexity index is 459. The first-order valence-electron chi connectivity index (χ1n) is 7.47. The molecule has 20 heavy (non-hydrogen) atoms. The van der Waals surface area contributed by atoms with E-state index in [2.05, 4.69) is 37.9 Å². The van der Waals surface area contributed by atoms with E-state index in [1.807, 2.05) is 25.1 Å². The summed E-state index contributed by atoms with van der Waals surface area (Å²) in [5.74, 6) is 0.166. The zero-order chi connectivity index (χ0) is 14.8. The van der Waals surface area contributed by atoms with Crippen molar-refractivity contribution in [2.24, 2.45) is 5.92 Å². The molecule has 3 atom stereocenters. The summed E-state index contributed by atoms with van der Waals surface area (Å²) >= 11 is 0. The van der Waals surface area contributed by atoms with Crippen molar-refractivity contribution in [3.05, 3.63) is 35.9 Å². The smallest absolute Gasteiger partial charge is 0.306 e. The molecule has 0 N–H and O–H groups in total. The second kappa shape index (κ2) is 5.96. The fourth-order valence-corrected chi connectivity index (χ4v) is 3.15. The van der Waals surface area contributed by atoms with Gasteiger partial charge in [0.2, 0.25) is 0 Å². The lowest BCUT2D eigenvalue weighted by atomic mass is 9.74. The molecular formula is C17H25NO2. The molecular weight excluding hydrogens is 250 g/mol. The van der Waals surface area contributed by atoms with Crippen molar-refractivity contribution in [3.63, 3.8) is 0 Å². The molecule has 0 saturated carbocycles. The van der Waals surface area contributed by atoms with Crippen molar-refractivity contribution in [3.8, 4) is 0 Å². The molecule has 1 aromatic rings. The number of carbonyl (C=O) groups is 1. The van der Waals surface area contributed by atoms with Crippen LogP contribution >= 0.6 is 0 Å². The Morgan fingerprint density at radius 3 is 2.60 bits per heavy atom. The van der Waals surface area contributed by atoms with Crippen LogP contribution in [0.3, 0.4) is 0 Å². The molecule has 110 valence electrons. The van der Waals surface area contributed by atoms with E-state index >= 15 is 0 Å². The zero-order valence-corrected chi connectivity index (χ0v) is 12.9. The van der Waals surface area contributed by atoms with Gasteiger partial charge in [0.1, 0.15) is 5.60 Å². The van der Waals surface area contributed by atoms with E-state index in [4.69, 9.17) is 4.74 Å². The number of esters is 1. The predicted molar refractivity (Wildman–Crippen MR) is 80.4 cm³/mol. The molecule has 1 fully saturated rings. The molecule has 0 radical (unpaired) electrons. The van der Waals surface area contributed by atoms with Crippen molar-refractivity contribution < 1.29 is 9.53 Å². The van der Waals surface area contributed by atoms with Gasteiger partial charge in [-0.25, -0.2) is 0 Å². The molecule has 1 aliphatic heterocycles. The van der Waals surface area contributed by atoms with Crippen LogP contribution in [0.25, 0.3) is 0 Å². The molecule has 1 saturated heterocycles. The van der Waals surface area contributed by atoms with Gasteiger partial charge < -0.3 is 9.64 Å². The molecule has 1 aliphatic rings. The van der Waals surface area contributed by atoms with Crippen LogP contribution in [0.5, 0.6) is 0 Å². The fraction of sp³-hybridized carbons (Fsp3) is 0.588. The van der Waals surface area contributed by atoms with E-state index in [-0.39, 0.29) is 11.9 Å². The van der Waals surface area contributed by atoms with Gasteiger partial charge in [0, 0.05) is 31.3 Å². The third kappa shape index (κ3) is 2.73. The molecule has 0 aliphatic carbocycles. The number of nitrogens with zero attached hydrogens (tertiary/aromatic N) is 1. The molecule has 3 heteroatoms. The molecule has 1 aromatic carbocycles. The average molecular weight is 275 g/mol. The molecule has 0 spiro atoms. The highest BCUT2D eigenvalue weighted by molar-refractivity contribution is 5.69. The first-order chi connectivity index (χ1) is 9.49. The van der Waals surface area contributed by atoms with Crippen LogP contribution in [0.2, 0.25) is 0 Å². The molecule has 0 amide bonds. The van der Waals surface area contributed by atoms with Crippen molar-refractivity contribution in [1.29, 1.82) is 0 Å². The Labute approximate surface area is 121 Å². The Hall–Kier alpha value is -1.35. The Morgan fingerprint density at radius 1 is 1.35 bits per heavy atom. The van der Waals surface area contributed by atoms with Crippen molar-refractivity contribution in [2.75, 3.05) is 13.6 Å². The van der Waals surface area contributed by atoms with E-state index in [1.165, 1.54) is 0 Å². The van der Waals surface area contributed by atoms with Crippen LogP contribution in [0, 0.1) is 5.92 Å². The maximum absolute atomic E-state index is 12.0. The Kier molecular flexibility index (Phi) is 4.48. The van der Waals surface area contributed by atoms with Crippen LogP contribution in [-0.2, 0) is 15.1 Å². The van der Waals surface area contributed by atoms with Gasteiger partial charge in [0.15, 0.2) is 0 Å². The standard InChI is InChI=1S/C17H25NO2/c1-5-16(19)20-17(15-9-7-6-8-10-15)11-14(3)18(4)12-13(17)2/h6-10,13-14H,5,11-12H2,1-4H3/t13-,14+,17?/m1/s1. The average Bonchev–Trinajstić information content (AvgIpc) is 2.45. The normalized spacial score (nSPS) is 31.0. The zero-order valence-electron chi connectivity index (χ0n) is 12.9. The summed E-state index contributed by atoms with van der Waals surface area (Å²) in [6.45, 7) is 7.17. The summed E-state index contributed by atoms with van der Waals surface area (Å²) in [5, 5.41) is 0. The summed E-state index contributed by atoms with van der Waals surface area (Å²) in [6, 6.07) is 10.6. The van der Waals surface area contributed by atoms with E-state index in [0.717, 1.165) is 18.5 Å². The second-order valence-corrected chi connectivity index (χ2v) is 5.98. The molecule has 1 heterocycles. The third-order valence-corrected chi connectivity index (χ3v) is 4.56. The third-order valence-electron chi connectivity index (χ3n) is 4.56. The van der Waals surface area contributed by atoms with Crippen LogP contribution in [0.1, 0.15) is 39.2 Å². The number of ether oxygens (including phenoxy) is 1. The van der Waals surface area contributed by atoms with Gasteiger partial charge in [-0.3, -0.25) is 4.79 Å². The van der Waals surface area contributed by atoms with Gasteiger partial charge in [-0.15, -0.1) is 0 Å². The van der Waals surface area contributed by atoms with Crippen molar-refractivity contribution >= 4 is 5.97 Å². The lowest BCUT2D eigenvalue weighted by molar-refractivity contribution is -0.177. The minimum absolute atomic E-state index is 0.113. The van der Waals surface area contributed by atoms with Crippen LogP contribution in [-0.4, -0.2) is 30.5 Å². The summed E-state index contributed by atoms with van der Waals surface area (Å²) in [5.41, 5.74) is 0.634. The number of carbonyl (C=O) groups excluding carboxylic acids is 1. The lowest BCUT2D eigenvalue weighted by Crippen LogP contribution is -2.53. The summed E-state index contributed by atoms with van der Waals surface area (Å²) in [7, 11) is 2.14. The van der Waals surface area contributed by atoms with Gasteiger partial charge in [-0.1, -0.05) is 44.2 Å². The van der Waals surface area contributed by atoms with Gasteiger partial charge in [-0.2, -0.15) is 0 Å². The highest BCUT2D eigenvalue weighted by Crippen LogP contribution is 2.43. The van der Waals surface area contributed by atoms with E-state index in [9.17, 15) is 4.79 Å². The van der Waals surface area contributed by atoms with Crippen LogP contribution < -0.4 is 0 Å². The number of piperidine rings is 1. The summed E-state index contributed by atoms with van der Waals surface area (Å²) < 4.78 is 5.98. The number of benzene rings is 1. The van der Waals surface area contributed by atoms with Gasteiger partial charge in [0.05, 0.1) is 0 Å². The Morgan fingerprint density at radius 2 is 2.00 bits per heavy atom. The molecule has 0 aromatic heterocycles. The molecule has 3 nitrogen and oxygen atoms in total. The summed E-state index contributed by atoms with van der Waals surface area (Å²) in [4.78, 5) is 14.3. The molecule has 1 unspecified atom stereocenters. The minimum atomic E-state index is -0.486. The van der Waals surface area contributed by atoms with Gasteiger partial charge in [0.25, 0.3) is 0 Å². The summed E-state index contributed by atoms with van der Waals surface area (Å²) in [6.07, 6.45) is 1.27. The first-order valence-corrected chi connectivity index (χ1v) is 7.47. The molecule has 2 rings (SSSR count). The fourth-order valence-electron chi connectivity index (χ4n) is 3.15. The van der Waals surface area contributed by atoms with Gasteiger partial charge >= 0.3 is 5.97 Å². The van der Waals surface area contributed by atoms with Gasteiger partial charge in [-0.05, 0) is 19.5 Å². The number of hydrogen-bond donors (Lipinski definition) is 0. The highest BCUT2D eigenvalue weighted by Gasteiger charge is 2.46. The quantitative estimate of drug-likeness (QED) is 0.793. The minimum Gasteiger partial charge on any atom is -0.454 e. The van der Waals surface area contributed by atoms with E-state index in [0.29, 0.717) is 12.5 Å². The van der Waals surface area contributed by atoms with Crippen molar-refractivity contribution in [1.82, 2.24) is 4.90 Å². The lowest BCUT2D eigenvalue weighted by Gasteiger charge is -2.48. The molecule has 0 bridgehead atoms. The first kappa shape index (κ1) is 15.0. The van der Waals surface area contributed by atoms with Crippen LogP contribution in [0.15, 0.2) is 30.3 Å². The van der Waals surface area contributed by atoms with E-state index < -0.39 is 5.60 Å². The SMILES string of the molecule is CCC(=O)OC1(c2ccccc2)C[C@H](C)N(C)C[C@H]1C.